The molecule has 0 saturated carbocycles. The van der Waals surface area contributed by atoms with Crippen molar-refractivity contribution in [3.8, 4) is 0 Å². The molecule has 27 heteroatoms. The smallest absolute Gasteiger partial charge is 0.326 e. The van der Waals surface area contributed by atoms with Crippen molar-refractivity contribution < 1.29 is 68.1 Å². The number of benzene rings is 2. The average molecular weight is 1170 g/mol. The maximum absolute atomic E-state index is 14.3. The first-order chi connectivity index (χ1) is 38.2. The molecule has 2 aromatic carbocycles. The van der Waals surface area contributed by atoms with Crippen LogP contribution in [0.3, 0.4) is 0 Å². The third-order valence-electron chi connectivity index (χ3n) is 12.6. The van der Waals surface area contributed by atoms with Gasteiger partial charge in [0.2, 0.25) is 53.2 Å². The predicted octanol–water partition coefficient (Wildman–Crippen LogP) is -1.36. The van der Waals surface area contributed by atoms with E-state index in [0.29, 0.717) is 42.7 Å². The number of hydrogen-bond acceptors (Lipinski definition) is 16. The minimum Gasteiger partial charge on any atom is -0.481 e. The van der Waals surface area contributed by atoms with Gasteiger partial charge in [-0.15, -0.1) is 0 Å². The van der Waals surface area contributed by atoms with Crippen LogP contribution in [0.1, 0.15) is 91.2 Å². The molecule has 0 aliphatic carbocycles. The Kier molecular flexibility index (Phi) is 31.7. The fourth-order valence-electron chi connectivity index (χ4n) is 8.00. The highest BCUT2D eigenvalue weighted by Crippen LogP contribution is 2.12. The van der Waals surface area contributed by atoms with Gasteiger partial charge >= 0.3 is 11.9 Å². The van der Waals surface area contributed by atoms with E-state index in [2.05, 4.69) is 60.5 Å². The van der Waals surface area contributed by atoms with Crippen LogP contribution in [-0.2, 0) is 65.6 Å². The van der Waals surface area contributed by atoms with Gasteiger partial charge in [0.15, 0.2) is 0 Å². The molecule has 0 unspecified atom stereocenters. The second kappa shape index (κ2) is 36.5. The number of aliphatic hydroxyl groups excluding tert-OH is 1. The number of hydrogen-bond donors (Lipinski definition) is 15. The standard InChI is InChI=1S/C54H83N11O14S2/c1-29(2)24-40(54(78)79)62-49(73)39(27-42(67)68)60-48(72)37(25-33-16-10-8-11-17-33)59-45(69)31(5)57-51(75)41(28-80)63-52(76)43(30(3)4)64-50(74)38(26-34-18-12-9-13-19-34)61-53(77)44(32(6)66)65-47(71)36(20-14-15-22-55)58-46(70)35(56)21-23-81-7/h8-13,16-19,29-32,35-41,43-44,66,80H,14-15,20-28,55-56H2,1-7H3,(H,57,75)(H,58,70)(H,59,69)(H,60,72)(H,61,77)(H,62,73)(H,63,76)(H,64,74)(H,65,71)(H,67,68)(H,78,79)/t31-,32+,35-,36-,37-,38-,39-,40-,41-,43-,44-/m0/s1. The summed E-state index contributed by atoms with van der Waals surface area (Å²) in [5.41, 5.74) is 12.8. The first kappa shape index (κ1) is 70.3. The molecule has 0 saturated heterocycles. The maximum atomic E-state index is 14.3. The van der Waals surface area contributed by atoms with Gasteiger partial charge in [0, 0.05) is 18.6 Å². The Labute approximate surface area is 482 Å². The Morgan fingerprint density at radius 2 is 0.975 bits per heavy atom. The number of amides is 9. The van der Waals surface area contributed by atoms with E-state index in [9.17, 15) is 68.1 Å². The van der Waals surface area contributed by atoms with Crippen LogP contribution in [0.25, 0.3) is 0 Å². The molecule has 0 aliphatic heterocycles. The van der Waals surface area contributed by atoms with E-state index in [1.807, 2.05) is 6.26 Å². The van der Waals surface area contributed by atoms with E-state index in [-0.39, 0.29) is 37.4 Å². The average Bonchev–Trinajstić information content (AvgIpc) is 3.43. The molecular formula is C54H83N11O14S2. The molecule has 0 radical (unpaired) electrons. The van der Waals surface area contributed by atoms with Crippen molar-refractivity contribution in [2.75, 3.05) is 24.3 Å². The quantitative estimate of drug-likeness (QED) is 0.0274. The van der Waals surface area contributed by atoms with Crippen LogP contribution in [-0.4, -0.2) is 171 Å². The Morgan fingerprint density at radius 3 is 1.46 bits per heavy atom. The predicted molar refractivity (Wildman–Crippen MR) is 307 cm³/mol. The van der Waals surface area contributed by atoms with E-state index in [1.165, 1.54) is 25.6 Å². The van der Waals surface area contributed by atoms with Gasteiger partial charge in [-0.25, -0.2) is 4.79 Å². The molecule has 25 nitrogen and oxygen atoms in total. The number of aliphatic carboxylic acids is 2. The number of nitrogens with one attached hydrogen (secondary N) is 9. The van der Waals surface area contributed by atoms with Crippen LogP contribution in [0, 0.1) is 11.8 Å². The number of thioether (sulfide) groups is 1. The van der Waals surface area contributed by atoms with Crippen molar-refractivity contribution in [1.29, 1.82) is 0 Å². The van der Waals surface area contributed by atoms with Crippen LogP contribution in [0.2, 0.25) is 0 Å². The van der Waals surface area contributed by atoms with E-state index in [0.717, 1.165) is 0 Å². The zero-order chi connectivity index (χ0) is 60.9. The number of carbonyl (C=O) groups is 11. The molecule has 2 aromatic rings. The fourth-order valence-corrected chi connectivity index (χ4v) is 8.74. The summed E-state index contributed by atoms with van der Waals surface area (Å²) in [4.78, 5) is 147. The molecule has 9 amide bonds. The summed E-state index contributed by atoms with van der Waals surface area (Å²) in [6.07, 6.45) is 0.541. The lowest BCUT2D eigenvalue weighted by Gasteiger charge is -2.29. The molecule has 0 fully saturated rings. The van der Waals surface area contributed by atoms with Gasteiger partial charge < -0.3 is 74.6 Å². The Balaban J connectivity index is 2.33. The number of carbonyl (C=O) groups excluding carboxylic acids is 9. The van der Waals surface area contributed by atoms with Gasteiger partial charge in [-0.2, -0.15) is 24.4 Å². The van der Waals surface area contributed by atoms with Crippen molar-refractivity contribution in [3.63, 3.8) is 0 Å². The summed E-state index contributed by atoms with van der Waals surface area (Å²) in [5, 5.41) is 52.6. The minimum atomic E-state index is -1.76. The van der Waals surface area contributed by atoms with E-state index < -0.39 is 144 Å². The van der Waals surface area contributed by atoms with Crippen LogP contribution in [0.4, 0.5) is 0 Å². The van der Waals surface area contributed by atoms with Crippen LogP contribution >= 0.6 is 24.4 Å². The molecule has 0 aromatic heterocycles. The molecule has 81 heavy (non-hydrogen) atoms. The molecule has 0 bridgehead atoms. The lowest BCUT2D eigenvalue weighted by atomic mass is 10.00. The van der Waals surface area contributed by atoms with Crippen LogP contribution < -0.4 is 59.3 Å². The number of thiol groups is 1. The molecule has 0 spiro atoms. The highest BCUT2D eigenvalue weighted by molar-refractivity contribution is 7.98. The molecule has 11 atom stereocenters. The van der Waals surface area contributed by atoms with Crippen molar-refractivity contribution >= 4 is 89.5 Å². The third kappa shape index (κ3) is 25.7. The Hall–Kier alpha value is -6.81. The van der Waals surface area contributed by atoms with E-state index in [4.69, 9.17) is 11.5 Å². The summed E-state index contributed by atoms with van der Waals surface area (Å²) < 4.78 is 0. The fraction of sp³-hybridized carbons (Fsp3) is 0.574. The number of aliphatic hydroxyl groups is 1. The lowest BCUT2D eigenvalue weighted by molar-refractivity contribution is -0.144. The van der Waals surface area contributed by atoms with Gasteiger partial charge in [0.25, 0.3) is 0 Å². The number of carboxylic acid groups (broad SMARTS) is 2. The SMILES string of the molecule is CSCC[C@H](N)C(=O)N[C@@H](CCCCN)C(=O)N[C@H](C(=O)N[C@@H](Cc1ccccc1)C(=O)N[C@H](C(=O)N[C@@H](CS)C(=O)N[C@@H](C)C(=O)N[C@@H](Cc1ccccc1)C(=O)N[C@@H](CC(=O)O)C(=O)N[C@@H](CC(C)C)C(=O)O)C(C)C)[C@@H](C)O. The van der Waals surface area contributed by atoms with Gasteiger partial charge in [0.1, 0.15) is 54.4 Å². The lowest BCUT2D eigenvalue weighted by Crippen LogP contribution is -2.62. The second-order valence-corrected chi connectivity index (χ2v) is 21.7. The maximum Gasteiger partial charge on any atom is 0.326 e. The van der Waals surface area contributed by atoms with Gasteiger partial charge in [0.05, 0.1) is 18.6 Å². The topological polar surface area (TPSA) is 409 Å². The van der Waals surface area contributed by atoms with Gasteiger partial charge in [-0.05, 0) is 87.5 Å². The zero-order valence-corrected chi connectivity index (χ0v) is 48.6. The second-order valence-electron chi connectivity index (χ2n) is 20.4. The summed E-state index contributed by atoms with van der Waals surface area (Å²) >= 11 is 5.75. The van der Waals surface area contributed by atoms with Crippen LogP contribution in [0.15, 0.2) is 60.7 Å². The third-order valence-corrected chi connectivity index (χ3v) is 13.6. The summed E-state index contributed by atoms with van der Waals surface area (Å²) in [5.74, 6) is -11.4. The van der Waals surface area contributed by atoms with E-state index >= 15 is 0 Å². The largest absolute Gasteiger partial charge is 0.481 e. The summed E-state index contributed by atoms with van der Waals surface area (Å²) in [6.45, 7) is 9.49. The van der Waals surface area contributed by atoms with Crippen molar-refractivity contribution in [1.82, 2.24) is 47.9 Å². The van der Waals surface area contributed by atoms with Gasteiger partial charge in [-0.1, -0.05) is 88.4 Å². The Bertz CT molecular complexity index is 2410. The normalized spacial score (nSPS) is 15.3. The van der Waals surface area contributed by atoms with Gasteiger partial charge in [-0.3, -0.25) is 47.9 Å². The van der Waals surface area contributed by atoms with Crippen molar-refractivity contribution in [2.24, 2.45) is 23.3 Å². The number of nitrogens with two attached hydrogens (primary N) is 2. The van der Waals surface area contributed by atoms with E-state index in [1.54, 1.807) is 88.4 Å². The highest BCUT2D eigenvalue weighted by atomic mass is 32.2. The first-order valence-corrected chi connectivity index (χ1v) is 28.7. The highest BCUT2D eigenvalue weighted by Gasteiger charge is 2.37. The molecule has 16 N–H and O–H groups in total. The zero-order valence-electron chi connectivity index (χ0n) is 46.9. The Morgan fingerprint density at radius 1 is 0.531 bits per heavy atom. The molecule has 0 aliphatic rings. The minimum absolute atomic E-state index is 0.00457. The van der Waals surface area contributed by atoms with Crippen LogP contribution in [0.5, 0.6) is 0 Å². The number of unbranched alkanes of at least 4 members (excludes halogenated alkanes) is 1. The summed E-state index contributed by atoms with van der Waals surface area (Å²) in [7, 11) is 0. The molecule has 0 heterocycles. The molecule has 2 rings (SSSR count). The number of carboxylic acids is 2. The molecular weight excluding hydrogens is 1090 g/mol. The first-order valence-electron chi connectivity index (χ1n) is 26.7. The monoisotopic (exact) mass is 1170 g/mol. The number of rotatable bonds is 37. The summed E-state index contributed by atoms with van der Waals surface area (Å²) in [6, 6.07) is 2.89. The molecule has 450 valence electrons. The van der Waals surface area contributed by atoms with Crippen molar-refractivity contribution in [2.45, 2.75) is 159 Å². The van der Waals surface area contributed by atoms with Crippen molar-refractivity contribution in [3.05, 3.63) is 71.8 Å².